The molecule has 46 heavy (non-hydrogen) atoms. The second-order valence-corrected chi connectivity index (χ2v) is 10.6. The van der Waals surface area contributed by atoms with E-state index in [4.69, 9.17) is 35.9 Å². The SMILES string of the molecule is [B]SC1CC(=O)N(CCC(=O)NCCOCCOCCC(=O)NCCNC(=O)CCNC(=O)OCC(OC)OC(CC)CO)C1=O. The summed E-state index contributed by atoms with van der Waals surface area (Å²) < 4.78 is 26.2. The van der Waals surface area contributed by atoms with Crippen molar-refractivity contribution < 1.29 is 57.6 Å². The van der Waals surface area contributed by atoms with E-state index in [1.807, 2.05) is 6.92 Å². The highest BCUT2D eigenvalue weighted by Crippen LogP contribution is 2.22. The number of nitrogens with zero attached hydrogens (tertiary/aromatic N) is 1. The van der Waals surface area contributed by atoms with Gasteiger partial charge in [0.2, 0.25) is 29.5 Å². The molecule has 0 aromatic heterocycles. The highest BCUT2D eigenvalue weighted by molar-refractivity contribution is 8.20. The standard InChI is InChI=1S/C27H46BN5O12S/c1-3-19(17-34)45-25(41-2)18-44-27(40)32-7-4-21(35)29-8-9-30-23(37)6-12-42-14-15-43-13-10-31-22(36)5-11-33-24(38)16-20(46-28)26(33)39/h19-20,25,34H,3-18H2,1-2H3,(H,29,35)(H,30,37)(H,31,36)(H,32,40). The van der Waals surface area contributed by atoms with Crippen molar-refractivity contribution in [3.63, 3.8) is 0 Å². The molecule has 0 aliphatic carbocycles. The molecule has 0 aromatic carbocycles. The Kier molecular flexibility index (Phi) is 22.5. The van der Waals surface area contributed by atoms with Crippen LogP contribution in [0, 0.1) is 0 Å². The molecule has 1 aliphatic rings. The van der Waals surface area contributed by atoms with Gasteiger partial charge < -0.3 is 50.1 Å². The van der Waals surface area contributed by atoms with Gasteiger partial charge >= 0.3 is 6.09 Å². The van der Waals surface area contributed by atoms with Crippen LogP contribution in [0.1, 0.15) is 39.0 Å². The van der Waals surface area contributed by atoms with Gasteiger partial charge in [-0.05, 0) is 6.42 Å². The van der Waals surface area contributed by atoms with Crippen molar-refractivity contribution in [3.8, 4) is 0 Å². The van der Waals surface area contributed by atoms with Crippen LogP contribution in [0.4, 0.5) is 4.79 Å². The van der Waals surface area contributed by atoms with Crippen molar-refractivity contribution in [2.45, 2.75) is 56.7 Å². The maximum Gasteiger partial charge on any atom is 0.407 e. The van der Waals surface area contributed by atoms with Crippen LogP contribution in [0.2, 0.25) is 0 Å². The molecule has 1 heterocycles. The molecular formula is C27H46BN5O12S. The molecule has 260 valence electrons. The van der Waals surface area contributed by atoms with E-state index in [1.165, 1.54) is 7.11 Å². The van der Waals surface area contributed by atoms with E-state index in [-0.39, 0.29) is 128 Å². The first kappa shape index (κ1) is 41.1. The molecule has 1 fully saturated rings. The third-order valence-corrected chi connectivity index (χ3v) is 7.05. The number of aliphatic hydroxyl groups is 1. The summed E-state index contributed by atoms with van der Waals surface area (Å²) in [4.78, 5) is 72.3. The number of aliphatic hydroxyl groups excluding tert-OH is 1. The van der Waals surface area contributed by atoms with Crippen molar-refractivity contribution >= 4 is 54.4 Å². The molecule has 6 amide bonds. The Morgan fingerprint density at radius 2 is 1.54 bits per heavy atom. The number of methoxy groups -OCH3 is 1. The molecule has 3 atom stereocenters. The van der Waals surface area contributed by atoms with E-state index in [0.717, 1.165) is 16.5 Å². The summed E-state index contributed by atoms with van der Waals surface area (Å²) in [6, 6.07) is 0. The van der Waals surface area contributed by atoms with E-state index in [2.05, 4.69) is 21.3 Å². The van der Waals surface area contributed by atoms with Gasteiger partial charge in [-0.3, -0.25) is 28.9 Å². The number of nitrogens with one attached hydrogen (secondary N) is 4. The third kappa shape index (κ3) is 18.2. The molecule has 0 bridgehead atoms. The summed E-state index contributed by atoms with van der Waals surface area (Å²) in [5, 5.41) is 18.9. The summed E-state index contributed by atoms with van der Waals surface area (Å²) in [5.41, 5.74) is 0. The van der Waals surface area contributed by atoms with E-state index < -0.39 is 23.7 Å². The topological polar surface area (TPSA) is 220 Å². The lowest BCUT2D eigenvalue weighted by Crippen LogP contribution is -2.37. The van der Waals surface area contributed by atoms with Crippen molar-refractivity contribution in [1.82, 2.24) is 26.2 Å². The van der Waals surface area contributed by atoms with Gasteiger partial charge in [-0.1, -0.05) is 6.92 Å². The fourth-order valence-corrected chi connectivity index (χ4v) is 4.23. The molecule has 17 nitrogen and oxygen atoms in total. The summed E-state index contributed by atoms with van der Waals surface area (Å²) in [7, 11) is 6.78. The van der Waals surface area contributed by atoms with Gasteiger partial charge in [0.05, 0.1) is 44.4 Å². The molecule has 1 rings (SSSR count). The minimum Gasteiger partial charge on any atom is -0.444 e. The number of likely N-dealkylation sites (tertiary alicyclic amines) is 1. The number of hydrogen-bond donors (Lipinski definition) is 5. The maximum atomic E-state index is 12.0. The van der Waals surface area contributed by atoms with Gasteiger partial charge in [0, 0.05) is 65.5 Å². The van der Waals surface area contributed by atoms with Crippen LogP contribution in [-0.4, -0.2) is 150 Å². The lowest BCUT2D eigenvalue weighted by atomic mass is 10.3. The van der Waals surface area contributed by atoms with Crippen molar-refractivity contribution in [2.75, 3.05) is 79.5 Å². The molecule has 1 aliphatic heterocycles. The number of carbonyl (C=O) groups is 6. The number of amides is 6. The third-order valence-electron chi connectivity index (χ3n) is 6.35. The van der Waals surface area contributed by atoms with Crippen LogP contribution in [0.3, 0.4) is 0 Å². The summed E-state index contributed by atoms with van der Waals surface area (Å²) in [6.45, 7) is 3.13. The Bertz CT molecular complexity index is 962. The molecule has 2 radical (unpaired) electrons. The van der Waals surface area contributed by atoms with E-state index in [0.29, 0.717) is 6.42 Å². The highest BCUT2D eigenvalue weighted by Gasteiger charge is 2.37. The first-order chi connectivity index (χ1) is 22.1. The highest BCUT2D eigenvalue weighted by atomic mass is 32.2. The Morgan fingerprint density at radius 3 is 2.15 bits per heavy atom. The smallest absolute Gasteiger partial charge is 0.407 e. The van der Waals surface area contributed by atoms with Crippen LogP contribution in [-0.2, 0) is 47.7 Å². The van der Waals surface area contributed by atoms with Crippen molar-refractivity contribution in [2.24, 2.45) is 0 Å². The van der Waals surface area contributed by atoms with Gasteiger partial charge in [0.15, 0.2) is 13.4 Å². The summed E-state index contributed by atoms with van der Waals surface area (Å²) >= 11 is 0.828. The minimum atomic E-state index is -0.826. The quantitative estimate of drug-likeness (QED) is 0.0289. The number of hydrogen-bond acceptors (Lipinski definition) is 13. The Morgan fingerprint density at radius 1 is 0.913 bits per heavy atom. The van der Waals surface area contributed by atoms with E-state index in [9.17, 15) is 28.8 Å². The number of rotatable bonds is 26. The summed E-state index contributed by atoms with van der Waals surface area (Å²) in [6.07, 6.45) is -1.26. The molecule has 0 saturated carbocycles. The number of imide groups is 1. The maximum absolute atomic E-state index is 12.0. The summed E-state index contributed by atoms with van der Waals surface area (Å²) in [5.74, 6) is -1.59. The minimum absolute atomic E-state index is 0.00657. The molecule has 1 saturated heterocycles. The molecule has 19 heteroatoms. The zero-order valence-corrected chi connectivity index (χ0v) is 27.2. The van der Waals surface area contributed by atoms with Crippen LogP contribution in [0.25, 0.3) is 0 Å². The molecule has 5 N–H and O–H groups in total. The van der Waals surface area contributed by atoms with Crippen molar-refractivity contribution in [3.05, 3.63) is 0 Å². The van der Waals surface area contributed by atoms with Crippen LogP contribution < -0.4 is 21.3 Å². The molecule has 3 unspecified atom stereocenters. The van der Waals surface area contributed by atoms with Gasteiger partial charge in [-0.15, -0.1) is 0 Å². The fourth-order valence-electron chi connectivity index (χ4n) is 3.74. The Hall–Kier alpha value is -2.97. The zero-order valence-electron chi connectivity index (χ0n) is 26.4. The van der Waals surface area contributed by atoms with E-state index in [1.54, 1.807) is 0 Å². The lowest BCUT2D eigenvalue weighted by molar-refractivity contribution is -0.181. The number of carbonyl (C=O) groups excluding carboxylic acids is 6. The van der Waals surface area contributed by atoms with Crippen LogP contribution in [0.15, 0.2) is 0 Å². The first-order valence-electron chi connectivity index (χ1n) is 15.0. The monoisotopic (exact) mass is 675 g/mol. The van der Waals surface area contributed by atoms with Gasteiger partial charge in [-0.2, -0.15) is 0 Å². The molecule has 0 spiro atoms. The number of ether oxygens (including phenoxy) is 5. The fraction of sp³-hybridized carbons (Fsp3) is 0.778. The largest absolute Gasteiger partial charge is 0.444 e. The lowest BCUT2D eigenvalue weighted by Gasteiger charge is -2.21. The van der Waals surface area contributed by atoms with Crippen LogP contribution >= 0.6 is 11.6 Å². The van der Waals surface area contributed by atoms with E-state index >= 15 is 0 Å². The molecular weight excluding hydrogens is 629 g/mol. The Labute approximate surface area is 274 Å². The van der Waals surface area contributed by atoms with Crippen LogP contribution in [0.5, 0.6) is 0 Å². The van der Waals surface area contributed by atoms with Gasteiger partial charge in [0.25, 0.3) is 0 Å². The Balaban J connectivity index is 1.94. The molecule has 0 aromatic rings. The second kappa shape index (κ2) is 25.2. The predicted octanol–water partition coefficient (Wildman–Crippen LogP) is -2.03. The second-order valence-electron chi connectivity index (χ2n) is 9.78. The predicted molar refractivity (Wildman–Crippen MR) is 165 cm³/mol. The van der Waals surface area contributed by atoms with Crippen molar-refractivity contribution in [1.29, 1.82) is 0 Å². The average Bonchev–Trinajstić information content (AvgIpc) is 3.32. The first-order valence-corrected chi connectivity index (χ1v) is 15.9. The average molecular weight is 676 g/mol. The van der Waals surface area contributed by atoms with Gasteiger partial charge in [-0.25, -0.2) is 16.4 Å². The van der Waals surface area contributed by atoms with Gasteiger partial charge in [0.1, 0.15) is 6.61 Å². The normalized spacial score (nSPS) is 15.7. The zero-order chi connectivity index (χ0) is 34.2. The number of alkyl carbamates (subject to hydrolysis) is 1.